The summed E-state index contributed by atoms with van der Waals surface area (Å²) in [5, 5.41) is 12.7. The molecule has 140 valence electrons. The summed E-state index contributed by atoms with van der Waals surface area (Å²) in [5.41, 5.74) is 0.458. The molecule has 0 aromatic carbocycles. The van der Waals surface area contributed by atoms with Crippen molar-refractivity contribution in [3.8, 4) is 0 Å². The number of thiazole rings is 1. The zero-order chi connectivity index (χ0) is 17.9. The van der Waals surface area contributed by atoms with E-state index in [2.05, 4.69) is 32.4 Å². The average molecular weight is 376 g/mol. The molecule has 2 saturated heterocycles. The number of aromatic nitrogens is 4. The van der Waals surface area contributed by atoms with Crippen molar-refractivity contribution in [1.82, 2.24) is 30.2 Å². The predicted octanol–water partition coefficient (Wildman–Crippen LogP) is 1.18. The van der Waals surface area contributed by atoms with E-state index in [0.717, 1.165) is 50.6 Å². The second-order valence-electron chi connectivity index (χ2n) is 6.81. The molecule has 2 aliphatic rings. The summed E-state index contributed by atoms with van der Waals surface area (Å²) in [7, 11) is 0. The third kappa shape index (κ3) is 3.59. The molecular formula is C17H25N7OS. The minimum atomic E-state index is -0.0155. The van der Waals surface area contributed by atoms with Crippen molar-refractivity contribution < 1.29 is 4.79 Å². The number of nitrogens with one attached hydrogen (secondary N) is 1. The molecule has 0 spiro atoms. The van der Waals surface area contributed by atoms with Crippen LogP contribution >= 0.6 is 11.3 Å². The molecule has 4 rings (SSSR count). The molecule has 0 aliphatic carbocycles. The van der Waals surface area contributed by atoms with Crippen LogP contribution in [0.3, 0.4) is 0 Å². The maximum atomic E-state index is 12.8. The molecule has 4 heterocycles. The lowest BCUT2D eigenvalue weighted by molar-refractivity contribution is 0.0740. The van der Waals surface area contributed by atoms with Gasteiger partial charge in [-0.15, -0.1) is 16.4 Å². The molecule has 2 aromatic rings. The fraction of sp³-hybridized carbons (Fsp3) is 0.647. The molecule has 1 N–H and O–H groups in total. The molecule has 0 bridgehead atoms. The highest BCUT2D eigenvalue weighted by molar-refractivity contribution is 7.15. The third-order valence-electron chi connectivity index (χ3n) is 5.14. The Labute approximate surface area is 157 Å². The first-order valence-corrected chi connectivity index (χ1v) is 10.2. The molecule has 2 fully saturated rings. The van der Waals surface area contributed by atoms with Gasteiger partial charge in [-0.25, -0.2) is 9.67 Å². The van der Waals surface area contributed by atoms with Gasteiger partial charge in [0.05, 0.1) is 12.2 Å². The second-order valence-corrected chi connectivity index (χ2v) is 7.90. The number of anilines is 1. The van der Waals surface area contributed by atoms with Crippen LogP contribution in [0.5, 0.6) is 0 Å². The first-order chi connectivity index (χ1) is 12.7. The Bertz CT molecular complexity index is 744. The highest BCUT2D eigenvalue weighted by atomic mass is 32.1. The topological polar surface area (TPSA) is 79.2 Å². The number of carbonyl (C=O) groups is 1. The van der Waals surface area contributed by atoms with Crippen LogP contribution in [0.4, 0.5) is 5.13 Å². The van der Waals surface area contributed by atoms with E-state index in [1.165, 1.54) is 4.88 Å². The van der Waals surface area contributed by atoms with Crippen LogP contribution in [0.25, 0.3) is 0 Å². The molecule has 0 atom stereocenters. The number of piperidine rings is 1. The fourth-order valence-corrected chi connectivity index (χ4v) is 4.40. The number of hydrogen-bond donors (Lipinski definition) is 1. The van der Waals surface area contributed by atoms with Crippen LogP contribution < -0.4 is 10.2 Å². The summed E-state index contributed by atoms with van der Waals surface area (Å²) in [6, 6.07) is 0.347. The van der Waals surface area contributed by atoms with Crippen molar-refractivity contribution in [2.75, 3.05) is 44.2 Å². The number of rotatable bonds is 4. The van der Waals surface area contributed by atoms with Gasteiger partial charge in [0.15, 0.2) is 10.8 Å². The smallest absolute Gasteiger partial charge is 0.276 e. The summed E-state index contributed by atoms with van der Waals surface area (Å²) >= 11 is 1.75. The Morgan fingerprint density at radius 3 is 2.73 bits per heavy atom. The summed E-state index contributed by atoms with van der Waals surface area (Å²) in [5.74, 6) is -0.0155. The van der Waals surface area contributed by atoms with Gasteiger partial charge >= 0.3 is 0 Å². The summed E-state index contributed by atoms with van der Waals surface area (Å²) in [6.45, 7) is 7.14. The van der Waals surface area contributed by atoms with Gasteiger partial charge in [-0.05, 0) is 32.4 Å². The largest absolute Gasteiger partial charge is 0.345 e. The Morgan fingerprint density at radius 2 is 2.04 bits per heavy atom. The molecule has 2 aliphatic heterocycles. The van der Waals surface area contributed by atoms with E-state index in [1.54, 1.807) is 11.3 Å². The van der Waals surface area contributed by atoms with Gasteiger partial charge in [-0.3, -0.25) is 4.79 Å². The van der Waals surface area contributed by atoms with Crippen LogP contribution in [-0.2, 0) is 6.42 Å². The van der Waals surface area contributed by atoms with Crippen molar-refractivity contribution in [3.05, 3.63) is 23.0 Å². The van der Waals surface area contributed by atoms with Gasteiger partial charge in [0.1, 0.15) is 0 Å². The van der Waals surface area contributed by atoms with E-state index in [1.807, 2.05) is 22.0 Å². The van der Waals surface area contributed by atoms with Gasteiger partial charge in [0, 0.05) is 37.3 Å². The van der Waals surface area contributed by atoms with E-state index in [0.29, 0.717) is 24.8 Å². The minimum Gasteiger partial charge on any atom is -0.345 e. The highest BCUT2D eigenvalue weighted by Crippen LogP contribution is 2.24. The van der Waals surface area contributed by atoms with E-state index in [9.17, 15) is 4.79 Å². The third-order valence-corrected chi connectivity index (χ3v) is 6.34. The zero-order valence-corrected chi connectivity index (χ0v) is 15.9. The monoisotopic (exact) mass is 375 g/mol. The maximum Gasteiger partial charge on any atom is 0.276 e. The van der Waals surface area contributed by atoms with E-state index in [-0.39, 0.29) is 5.91 Å². The van der Waals surface area contributed by atoms with E-state index in [4.69, 9.17) is 0 Å². The van der Waals surface area contributed by atoms with Crippen LogP contribution in [0, 0.1) is 0 Å². The SMILES string of the molecule is CCc1cnc(N2CCN(C(=O)c3cn(C4CCNCC4)nn3)CC2)s1. The minimum absolute atomic E-state index is 0.0155. The average Bonchev–Trinajstić information content (AvgIpc) is 3.38. The normalized spacial score (nSPS) is 19.1. The van der Waals surface area contributed by atoms with Crippen molar-refractivity contribution in [1.29, 1.82) is 0 Å². The van der Waals surface area contributed by atoms with Crippen LogP contribution in [0.15, 0.2) is 12.4 Å². The molecule has 0 saturated carbocycles. The number of nitrogens with zero attached hydrogens (tertiary/aromatic N) is 6. The molecule has 9 heteroatoms. The van der Waals surface area contributed by atoms with Gasteiger partial charge in [-0.1, -0.05) is 12.1 Å². The fourth-order valence-electron chi connectivity index (χ4n) is 3.49. The second kappa shape index (κ2) is 7.71. The molecule has 1 amide bonds. The number of hydrogen-bond acceptors (Lipinski definition) is 7. The first kappa shape index (κ1) is 17.4. The Kier molecular flexibility index (Phi) is 5.16. The number of piperazine rings is 1. The lowest BCUT2D eigenvalue weighted by Crippen LogP contribution is -2.48. The number of amides is 1. The van der Waals surface area contributed by atoms with Crippen molar-refractivity contribution in [2.45, 2.75) is 32.2 Å². The lowest BCUT2D eigenvalue weighted by atomic mass is 10.1. The van der Waals surface area contributed by atoms with E-state index >= 15 is 0 Å². The van der Waals surface area contributed by atoms with Gasteiger partial charge in [0.25, 0.3) is 5.91 Å². The van der Waals surface area contributed by atoms with Crippen molar-refractivity contribution in [3.63, 3.8) is 0 Å². The zero-order valence-electron chi connectivity index (χ0n) is 15.1. The molecular weight excluding hydrogens is 350 g/mol. The predicted molar refractivity (Wildman–Crippen MR) is 101 cm³/mol. The first-order valence-electron chi connectivity index (χ1n) is 9.36. The molecule has 0 unspecified atom stereocenters. The molecule has 2 aromatic heterocycles. The molecule has 0 radical (unpaired) electrons. The highest BCUT2D eigenvalue weighted by Gasteiger charge is 2.26. The molecule has 26 heavy (non-hydrogen) atoms. The van der Waals surface area contributed by atoms with Crippen LogP contribution in [0.2, 0.25) is 0 Å². The number of aryl methyl sites for hydroxylation is 1. The Balaban J connectivity index is 1.35. The Morgan fingerprint density at radius 1 is 1.27 bits per heavy atom. The Hall–Kier alpha value is -2.00. The van der Waals surface area contributed by atoms with Crippen LogP contribution in [-0.4, -0.2) is 70.1 Å². The van der Waals surface area contributed by atoms with Crippen molar-refractivity contribution in [2.24, 2.45) is 0 Å². The van der Waals surface area contributed by atoms with Gasteiger partial charge in [-0.2, -0.15) is 0 Å². The summed E-state index contributed by atoms with van der Waals surface area (Å²) in [6.07, 6.45) is 6.85. The maximum absolute atomic E-state index is 12.8. The van der Waals surface area contributed by atoms with Crippen LogP contribution in [0.1, 0.15) is 41.2 Å². The van der Waals surface area contributed by atoms with Gasteiger partial charge in [0.2, 0.25) is 0 Å². The molecule has 8 nitrogen and oxygen atoms in total. The van der Waals surface area contributed by atoms with E-state index < -0.39 is 0 Å². The van der Waals surface area contributed by atoms with Gasteiger partial charge < -0.3 is 15.1 Å². The summed E-state index contributed by atoms with van der Waals surface area (Å²) in [4.78, 5) is 22.7. The number of carbonyl (C=O) groups excluding carboxylic acids is 1. The standard InChI is InChI=1S/C17H25N7OS/c1-2-14-11-19-17(26-14)23-9-7-22(8-10-23)16(25)15-12-24(21-20-15)13-3-5-18-6-4-13/h11-13,18H,2-10H2,1H3. The lowest BCUT2D eigenvalue weighted by Gasteiger charge is -2.34. The summed E-state index contributed by atoms with van der Waals surface area (Å²) < 4.78 is 1.87. The van der Waals surface area contributed by atoms with Crippen molar-refractivity contribution >= 4 is 22.4 Å². The quantitative estimate of drug-likeness (QED) is 0.865.